The third-order valence-corrected chi connectivity index (χ3v) is 3.17. The van der Waals surface area contributed by atoms with E-state index in [4.69, 9.17) is 0 Å². The van der Waals surface area contributed by atoms with Crippen LogP contribution in [0.4, 0.5) is 5.69 Å². The molecule has 3 heteroatoms. The van der Waals surface area contributed by atoms with Crippen LogP contribution in [0, 0.1) is 0 Å². The number of fused-ring (bicyclic) bond motifs is 1. The lowest BCUT2D eigenvalue weighted by Crippen LogP contribution is -2.01. The molecule has 0 spiro atoms. The predicted molar refractivity (Wildman–Crippen MR) is 84.0 cm³/mol. The van der Waals surface area contributed by atoms with E-state index in [0.717, 1.165) is 22.5 Å². The zero-order valence-corrected chi connectivity index (χ0v) is 11.2. The number of anilines is 1. The summed E-state index contributed by atoms with van der Waals surface area (Å²) in [5.41, 5.74) is 5.87. The molecular weight excluding hydrogens is 246 g/mol. The molecule has 0 saturated heterocycles. The van der Waals surface area contributed by atoms with E-state index in [0.29, 0.717) is 0 Å². The van der Waals surface area contributed by atoms with Crippen molar-refractivity contribution in [2.45, 2.75) is 6.92 Å². The van der Waals surface area contributed by atoms with Crippen molar-refractivity contribution >= 4 is 22.2 Å². The fraction of sp³-hybridized carbons (Fsp3) is 0.0588. The van der Waals surface area contributed by atoms with Crippen LogP contribution < -0.4 is 5.43 Å². The molecular formula is C17H15N3. The highest BCUT2D eigenvalue weighted by atomic mass is 15.3. The van der Waals surface area contributed by atoms with E-state index in [-0.39, 0.29) is 0 Å². The maximum absolute atomic E-state index is 4.42. The molecule has 0 aliphatic rings. The molecule has 1 heterocycles. The molecule has 0 aliphatic heterocycles. The molecule has 0 aliphatic carbocycles. The molecule has 0 unspecified atom stereocenters. The van der Waals surface area contributed by atoms with Gasteiger partial charge in [-0.15, -0.1) is 0 Å². The van der Waals surface area contributed by atoms with Gasteiger partial charge in [-0.2, -0.15) is 5.10 Å². The second-order valence-corrected chi connectivity index (χ2v) is 4.55. The zero-order chi connectivity index (χ0) is 13.8. The highest BCUT2D eigenvalue weighted by molar-refractivity contribution is 5.98. The van der Waals surface area contributed by atoms with Gasteiger partial charge < -0.3 is 0 Å². The molecule has 2 aromatic carbocycles. The summed E-state index contributed by atoms with van der Waals surface area (Å²) < 4.78 is 0. The average molecular weight is 261 g/mol. The summed E-state index contributed by atoms with van der Waals surface area (Å²) in [6, 6.07) is 20.2. The van der Waals surface area contributed by atoms with Crippen molar-refractivity contribution in [1.82, 2.24) is 4.98 Å². The first-order valence-electron chi connectivity index (χ1n) is 6.54. The van der Waals surface area contributed by atoms with Crippen LogP contribution in [0.5, 0.6) is 0 Å². The number of hydrogen-bond acceptors (Lipinski definition) is 3. The Morgan fingerprint density at radius 2 is 1.75 bits per heavy atom. The first-order valence-corrected chi connectivity index (χ1v) is 6.54. The molecule has 3 aromatic rings. The van der Waals surface area contributed by atoms with E-state index >= 15 is 0 Å². The van der Waals surface area contributed by atoms with E-state index in [9.17, 15) is 0 Å². The van der Waals surface area contributed by atoms with Crippen LogP contribution in [-0.4, -0.2) is 10.7 Å². The highest BCUT2D eigenvalue weighted by Gasteiger charge is 2.00. The quantitative estimate of drug-likeness (QED) is 0.570. The Labute approximate surface area is 118 Å². The van der Waals surface area contributed by atoms with Gasteiger partial charge >= 0.3 is 0 Å². The standard InChI is InChI=1S/C17H15N3/c1-13(16-10-4-5-12-18-16)19-20-17-11-6-8-14-7-2-3-9-15(14)17/h2-12,20H,1H3/b19-13-. The van der Waals surface area contributed by atoms with Gasteiger partial charge in [-0.05, 0) is 30.5 Å². The fourth-order valence-electron chi connectivity index (χ4n) is 2.10. The van der Waals surface area contributed by atoms with Crippen LogP contribution in [0.15, 0.2) is 72.0 Å². The maximum Gasteiger partial charge on any atom is 0.0859 e. The van der Waals surface area contributed by atoms with Crippen LogP contribution in [0.3, 0.4) is 0 Å². The monoisotopic (exact) mass is 261 g/mol. The summed E-state index contributed by atoms with van der Waals surface area (Å²) in [7, 11) is 0. The van der Waals surface area contributed by atoms with E-state index in [1.165, 1.54) is 5.39 Å². The third-order valence-electron chi connectivity index (χ3n) is 3.17. The largest absolute Gasteiger partial charge is 0.278 e. The molecule has 0 fully saturated rings. The Hall–Kier alpha value is -2.68. The fourth-order valence-corrected chi connectivity index (χ4v) is 2.10. The molecule has 0 bridgehead atoms. The molecule has 0 atom stereocenters. The molecule has 0 saturated carbocycles. The normalized spacial score (nSPS) is 11.6. The van der Waals surface area contributed by atoms with Crippen LogP contribution in [-0.2, 0) is 0 Å². The van der Waals surface area contributed by atoms with E-state index in [2.05, 4.69) is 33.7 Å². The number of nitrogens with zero attached hydrogens (tertiary/aromatic N) is 2. The van der Waals surface area contributed by atoms with Crippen LogP contribution in [0.1, 0.15) is 12.6 Å². The summed E-state index contributed by atoms with van der Waals surface area (Å²) in [6.07, 6.45) is 1.77. The lowest BCUT2D eigenvalue weighted by atomic mass is 10.1. The van der Waals surface area contributed by atoms with Gasteiger partial charge in [0.1, 0.15) is 0 Å². The summed E-state index contributed by atoms with van der Waals surface area (Å²) in [5, 5.41) is 6.78. The SMILES string of the molecule is C/C(=N/Nc1cccc2ccccc12)c1ccccn1. The van der Waals surface area contributed by atoms with Crippen molar-refractivity contribution in [3.8, 4) is 0 Å². The van der Waals surface area contributed by atoms with Gasteiger partial charge in [0.2, 0.25) is 0 Å². The topological polar surface area (TPSA) is 37.3 Å². The van der Waals surface area contributed by atoms with E-state index < -0.39 is 0 Å². The van der Waals surface area contributed by atoms with Crippen molar-refractivity contribution in [2.24, 2.45) is 5.10 Å². The van der Waals surface area contributed by atoms with Crippen molar-refractivity contribution in [1.29, 1.82) is 0 Å². The van der Waals surface area contributed by atoms with Gasteiger partial charge in [-0.3, -0.25) is 10.4 Å². The summed E-state index contributed by atoms with van der Waals surface area (Å²) in [4.78, 5) is 4.28. The molecule has 20 heavy (non-hydrogen) atoms. The number of aromatic nitrogens is 1. The van der Waals surface area contributed by atoms with Gasteiger partial charge in [0.05, 0.1) is 17.1 Å². The second kappa shape index (κ2) is 5.53. The minimum Gasteiger partial charge on any atom is -0.278 e. The smallest absolute Gasteiger partial charge is 0.0859 e. The Morgan fingerprint density at radius 3 is 2.60 bits per heavy atom. The van der Waals surface area contributed by atoms with Crippen LogP contribution in [0.25, 0.3) is 10.8 Å². The first-order chi connectivity index (χ1) is 9.84. The minimum absolute atomic E-state index is 0.860. The maximum atomic E-state index is 4.42. The summed E-state index contributed by atoms with van der Waals surface area (Å²) >= 11 is 0. The Bertz CT molecular complexity index is 743. The number of pyridine rings is 1. The first kappa shape index (κ1) is 12.4. The Balaban J connectivity index is 1.91. The van der Waals surface area contributed by atoms with Crippen LogP contribution in [0.2, 0.25) is 0 Å². The number of benzene rings is 2. The van der Waals surface area contributed by atoms with Gasteiger partial charge in [-0.25, -0.2) is 0 Å². The van der Waals surface area contributed by atoms with Crippen LogP contribution >= 0.6 is 0 Å². The lowest BCUT2D eigenvalue weighted by molar-refractivity contribution is 1.25. The predicted octanol–water partition coefficient (Wildman–Crippen LogP) is 4.07. The Kier molecular flexibility index (Phi) is 3.42. The molecule has 3 nitrogen and oxygen atoms in total. The van der Waals surface area contributed by atoms with Gasteiger partial charge in [0, 0.05) is 11.6 Å². The third kappa shape index (κ3) is 2.52. The molecule has 98 valence electrons. The lowest BCUT2D eigenvalue weighted by Gasteiger charge is -2.06. The highest BCUT2D eigenvalue weighted by Crippen LogP contribution is 2.22. The number of hydrogen-bond donors (Lipinski definition) is 1. The summed E-state index contributed by atoms with van der Waals surface area (Å²) in [6.45, 7) is 1.94. The van der Waals surface area contributed by atoms with Crippen molar-refractivity contribution in [3.05, 3.63) is 72.6 Å². The number of rotatable bonds is 3. The minimum atomic E-state index is 0.860. The Morgan fingerprint density at radius 1 is 0.950 bits per heavy atom. The molecule has 1 aromatic heterocycles. The van der Waals surface area contributed by atoms with Crippen molar-refractivity contribution in [3.63, 3.8) is 0 Å². The summed E-state index contributed by atoms with van der Waals surface area (Å²) in [5.74, 6) is 0. The number of hydrazone groups is 1. The average Bonchev–Trinajstić information content (AvgIpc) is 2.53. The van der Waals surface area contributed by atoms with Gasteiger partial charge in [-0.1, -0.05) is 42.5 Å². The zero-order valence-electron chi connectivity index (χ0n) is 11.2. The second-order valence-electron chi connectivity index (χ2n) is 4.55. The van der Waals surface area contributed by atoms with Gasteiger partial charge in [0.15, 0.2) is 0 Å². The molecule has 0 radical (unpaired) electrons. The van der Waals surface area contributed by atoms with Gasteiger partial charge in [0.25, 0.3) is 0 Å². The van der Waals surface area contributed by atoms with E-state index in [1.807, 2.05) is 49.4 Å². The molecule has 0 amide bonds. The molecule has 1 N–H and O–H groups in total. The van der Waals surface area contributed by atoms with Crippen molar-refractivity contribution in [2.75, 3.05) is 5.43 Å². The number of nitrogens with one attached hydrogen (secondary N) is 1. The van der Waals surface area contributed by atoms with E-state index in [1.54, 1.807) is 6.20 Å². The van der Waals surface area contributed by atoms with Crippen molar-refractivity contribution < 1.29 is 0 Å². The molecule has 3 rings (SSSR count).